The second kappa shape index (κ2) is 5.10. The van der Waals surface area contributed by atoms with Crippen molar-refractivity contribution in [2.45, 2.75) is 12.2 Å². The van der Waals surface area contributed by atoms with Crippen molar-refractivity contribution in [1.82, 2.24) is 4.98 Å². The van der Waals surface area contributed by atoms with Crippen LogP contribution < -0.4 is 4.90 Å². The number of rotatable bonds is 1. The van der Waals surface area contributed by atoms with Gasteiger partial charge in [0.2, 0.25) is 0 Å². The Balaban J connectivity index is 2.17. The lowest BCUT2D eigenvalue weighted by atomic mass is 10.1. The van der Waals surface area contributed by atoms with Crippen LogP contribution in [0.15, 0.2) is 30.5 Å². The molecule has 1 atom stereocenters. The molecule has 1 aromatic carbocycles. The summed E-state index contributed by atoms with van der Waals surface area (Å²) in [7, 11) is 0. The van der Waals surface area contributed by atoms with E-state index in [9.17, 15) is 5.26 Å². The lowest BCUT2D eigenvalue weighted by molar-refractivity contribution is 0.784. The number of hydrogen-bond donors (Lipinski definition) is 0. The first-order chi connectivity index (χ1) is 9.29. The van der Waals surface area contributed by atoms with E-state index in [-0.39, 0.29) is 0 Å². The van der Waals surface area contributed by atoms with Gasteiger partial charge in [0.1, 0.15) is 6.07 Å². The van der Waals surface area contributed by atoms with Crippen LogP contribution in [0, 0.1) is 11.3 Å². The average molecular weight is 269 g/mol. The van der Waals surface area contributed by atoms with Crippen molar-refractivity contribution in [2.24, 2.45) is 0 Å². The fourth-order valence-corrected chi connectivity index (χ4v) is 3.58. The van der Waals surface area contributed by atoms with Crippen molar-refractivity contribution >= 4 is 28.4 Å². The molecule has 2 aromatic rings. The van der Waals surface area contributed by atoms with Crippen molar-refractivity contribution in [3.05, 3.63) is 36.0 Å². The Bertz CT molecular complexity index is 647. The maximum Gasteiger partial charge on any atom is 0.103 e. The lowest BCUT2D eigenvalue weighted by Crippen LogP contribution is -2.37. The van der Waals surface area contributed by atoms with Gasteiger partial charge in [-0.1, -0.05) is 25.1 Å². The van der Waals surface area contributed by atoms with Crippen molar-refractivity contribution < 1.29 is 0 Å². The van der Waals surface area contributed by atoms with Crippen molar-refractivity contribution in [3.63, 3.8) is 0 Å². The molecular weight excluding hydrogens is 254 g/mol. The molecule has 19 heavy (non-hydrogen) atoms. The minimum absolute atomic E-state index is 0.604. The molecule has 3 rings (SSSR count). The highest BCUT2D eigenvalue weighted by Gasteiger charge is 2.21. The van der Waals surface area contributed by atoms with Crippen LogP contribution in [0.3, 0.4) is 0 Å². The molecule has 4 heteroatoms. The van der Waals surface area contributed by atoms with Gasteiger partial charge in [-0.15, -0.1) is 0 Å². The second-order valence-corrected chi connectivity index (χ2v) is 6.32. The SMILES string of the molecule is CC1CN(c2c(C#N)cnc3ccccc23)CCS1. The van der Waals surface area contributed by atoms with Gasteiger partial charge in [0.25, 0.3) is 0 Å². The summed E-state index contributed by atoms with van der Waals surface area (Å²) in [4.78, 5) is 6.71. The molecule has 0 saturated carbocycles. The molecule has 1 aliphatic heterocycles. The molecule has 1 fully saturated rings. The summed E-state index contributed by atoms with van der Waals surface area (Å²) in [5, 5.41) is 11.0. The summed E-state index contributed by atoms with van der Waals surface area (Å²) in [6, 6.07) is 10.3. The van der Waals surface area contributed by atoms with E-state index in [1.807, 2.05) is 30.0 Å². The minimum atomic E-state index is 0.604. The van der Waals surface area contributed by atoms with Crippen molar-refractivity contribution in [1.29, 1.82) is 5.26 Å². The highest BCUT2D eigenvalue weighted by molar-refractivity contribution is 8.00. The Hall–Kier alpha value is -1.73. The van der Waals surface area contributed by atoms with E-state index < -0.39 is 0 Å². The Morgan fingerprint density at radius 3 is 3.05 bits per heavy atom. The van der Waals surface area contributed by atoms with Gasteiger partial charge >= 0.3 is 0 Å². The summed E-state index contributed by atoms with van der Waals surface area (Å²) in [6.45, 7) is 4.23. The molecule has 0 spiro atoms. The van der Waals surface area contributed by atoms with E-state index >= 15 is 0 Å². The van der Waals surface area contributed by atoms with Gasteiger partial charge in [-0.05, 0) is 6.07 Å². The number of benzene rings is 1. The van der Waals surface area contributed by atoms with Crippen LogP contribution in [0.2, 0.25) is 0 Å². The number of nitrogens with zero attached hydrogens (tertiary/aromatic N) is 3. The van der Waals surface area contributed by atoms with E-state index in [1.165, 1.54) is 0 Å². The van der Waals surface area contributed by atoms with Crippen LogP contribution in [0.25, 0.3) is 10.9 Å². The second-order valence-electron chi connectivity index (χ2n) is 4.78. The van der Waals surface area contributed by atoms with E-state index in [1.54, 1.807) is 6.20 Å². The molecule has 0 N–H and O–H groups in total. The van der Waals surface area contributed by atoms with Crippen LogP contribution in [0.5, 0.6) is 0 Å². The third-order valence-electron chi connectivity index (χ3n) is 3.42. The minimum Gasteiger partial charge on any atom is -0.368 e. The maximum absolute atomic E-state index is 9.35. The van der Waals surface area contributed by atoms with Gasteiger partial charge in [-0.2, -0.15) is 17.0 Å². The summed E-state index contributed by atoms with van der Waals surface area (Å²) < 4.78 is 0. The lowest BCUT2D eigenvalue weighted by Gasteiger charge is -2.33. The molecule has 2 heterocycles. The molecule has 0 amide bonds. The number of thioether (sulfide) groups is 1. The molecule has 1 unspecified atom stereocenters. The van der Waals surface area contributed by atoms with E-state index in [0.717, 1.165) is 35.4 Å². The van der Waals surface area contributed by atoms with Gasteiger partial charge in [0.15, 0.2) is 0 Å². The third-order valence-corrected chi connectivity index (χ3v) is 4.56. The summed E-state index contributed by atoms with van der Waals surface area (Å²) >= 11 is 2.00. The van der Waals surface area contributed by atoms with E-state index in [2.05, 4.69) is 28.9 Å². The Morgan fingerprint density at radius 1 is 1.42 bits per heavy atom. The number of hydrogen-bond acceptors (Lipinski definition) is 4. The largest absolute Gasteiger partial charge is 0.368 e. The maximum atomic E-state index is 9.35. The third kappa shape index (κ3) is 2.26. The van der Waals surface area contributed by atoms with Crippen molar-refractivity contribution in [3.8, 4) is 6.07 Å². The average Bonchev–Trinajstić information content (AvgIpc) is 2.46. The van der Waals surface area contributed by atoms with Crippen LogP contribution in [-0.4, -0.2) is 29.1 Å². The molecule has 1 aliphatic rings. The zero-order chi connectivity index (χ0) is 13.2. The number of anilines is 1. The summed E-state index contributed by atoms with van der Waals surface area (Å²) in [5.41, 5.74) is 2.69. The van der Waals surface area contributed by atoms with Crippen LogP contribution in [0.1, 0.15) is 12.5 Å². The first-order valence-corrected chi connectivity index (χ1v) is 7.49. The zero-order valence-electron chi connectivity index (χ0n) is 10.8. The quantitative estimate of drug-likeness (QED) is 0.797. The number of nitriles is 1. The first-order valence-electron chi connectivity index (χ1n) is 6.44. The molecule has 0 radical (unpaired) electrons. The summed E-state index contributed by atoms with van der Waals surface area (Å²) in [5.74, 6) is 1.11. The van der Waals surface area contributed by atoms with Crippen LogP contribution in [-0.2, 0) is 0 Å². The molecule has 0 bridgehead atoms. The smallest absolute Gasteiger partial charge is 0.103 e. The van der Waals surface area contributed by atoms with Gasteiger partial charge < -0.3 is 4.90 Å². The Labute approximate surface area is 117 Å². The first kappa shape index (κ1) is 12.3. The normalized spacial score (nSPS) is 19.4. The predicted octanol–water partition coefficient (Wildman–Crippen LogP) is 3.05. The number of para-hydroxylation sites is 1. The van der Waals surface area contributed by atoms with E-state index in [4.69, 9.17) is 0 Å². The highest BCUT2D eigenvalue weighted by atomic mass is 32.2. The Kier molecular flexibility index (Phi) is 3.31. The van der Waals surface area contributed by atoms with Gasteiger partial charge in [-0.3, -0.25) is 4.98 Å². The molecule has 96 valence electrons. The topological polar surface area (TPSA) is 39.9 Å². The van der Waals surface area contributed by atoms with Gasteiger partial charge in [-0.25, -0.2) is 0 Å². The molecule has 1 saturated heterocycles. The number of pyridine rings is 1. The summed E-state index contributed by atoms with van der Waals surface area (Å²) in [6.07, 6.45) is 1.70. The number of aromatic nitrogens is 1. The van der Waals surface area contributed by atoms with Gasteiger partial charge in [0, 0.05) is 35.7 Å². The standard InChI is InChI=1S/C15H15N3S/c1-11-10-18(6-7-19-11)15-12(8-16)9-17-14-5-3-2-4-13(14)15/h2-5,9,11H,6-7,10H2,1H3. The monoisotopic (exact) mass is 269 g/mol. The van der Waals surface area contributed by atoms with Crippen LogP contribution in [0.4, 0.5) is 5.69 Å². The predicted molar refractivity (Wildman–Crippen MR) is 80.6 cm³/mol. The van der Waals surface area contributed by atoms with Gasteiger partial charge in [0.05, 0.1) is 16.8 Å². The molecular formula is C15H15N3S. The van der Waals surface area contributed by atoms with E-state index in [0.29, 0.717) is 10.8 Å². The molecule has 0 aliphatic carbocycles. The zero-order valence-corrected chi connectivity index (χ0v) is 11.7. The highest BCUT2D eigenvalue weighted by Crippen LogP contribution is 2.32. The van der Waals surface area contributed by atoms with Crippen LogP contribution >= 0.6 is 11.8 Å². The molecule has 3 nitrogen and oxygen atoms in total. The van der Waals surface area contributed by atoms with Crippen molar-refractivity contribution in [2.75, 3.05) is 23.7 Å². The number of fused-ring (bicyclic) bond motifs is 1. The molecule has 1 aromatic heterocycles. The Morgan fingerprint density at radius 2 is 2.26 bits per heavy atom. The fraction of sp³-hybridized carbons (Fsp3) is 0.333. The fourth-order valence-electron chi connectivity index (χ4n) is 2.57.